The molecule has 8 aromatic heterocycles. The summed E-state index contributed by atoms with van der Waals surface area (Å²) in [6.07, 6.45) is 15.2. The van der Waals surface area contributed by atoms with E-state index >= 15 is 0 Å². The maximum atomic E-state index is 12.4. The van der Waals surface area contributed by atoms with Crippen LogP contribution in [0.4, 0.5) is 46.0 Å². The van der Waals surface area contributed by atoms with Gasteiger partial charge in [0.2, 0.25) is 0 Å². The Morgan fingerprint density at radius 2 is 0.439 bits per heavy atom. The first-order valence-corrected chi connectivity index (χ1v) is 42.1. The predicted molar refractivity (Wildman–Crippen MR) is 508 cm³/mol. The van der Waals surface area contributed by atoms with E-state index < -0.39 is 23.9 Å². The van der Waals surface area contributed by atoms with Crippen LogP contribution in [0.15, 0.2) is 244 Å². The van der Waals surface area contributed by atoms with Gasteiger partial charge in [0.25, 0.3) is 23.6 Å². The summed E-state index contributed by atoms with van der Waals surface area (Å²) in [4.78, 5) is 139. The monoisotopic (exact) mass is 1790 g/mol. The minimum absolute atomic E-state index is 0.156. The molecule has 0 fully saturated rings. The summed E-state index contributed by atoms with van der Waals surface area (Å²) in [5, 5.41) is 49.0. The summed E-state index contributed by atoms with van der Waals surface area (Å²) in [7, 11) is 14.7. The Hall–Kier alpha value is -16.8. The zero-order chi connectivity index (χ0) is 94.1. The number of hydrogen-bond donors (Lipinski definition) is 8. The predicted octanol–water partition coefficient (Wildman–Crippen LogP) is 14.3. The number of carboxylic acid groups (broad SMARTS) is 4. The van der Waals surface area contributed by atoms with Crippen LogP contribution in [0.5, 0.6) is 0 Å². The smallest absolute Gasteiger partial charge is 0.308 e. The molecule has 32 heteroatoms. The number of rotatable bonds is 28. The number of imidazole rings is 4. The first kappa shape index (κ1) is 92.9. The Bertz CT molecular complexity index is 6060. The average molecular weight is 1790 g/mol. The summed E-state index contributed by atoms with van der Waals surface area (Å²) in [5.74, 6) is 1.000. The van der Waals surface area contributed by atoms with Gasteiger partial charge in [-0.15, -0.1) is 0 Å². The van der Waals surface area contributed by atoms with Crippen molar-refractivity contribution in [3.63, 3.8) is 0 Å². The number of aliphatic carboxylic acids is 4. The normalized spacial score (nSPS) is 10.9. The van der Waals surface area contributed by atoms with E-state index in [9.17, 15) is 58.8 Å². The Morgan fingerprint density at radius 1 is 0.265 bits per heavy atom. The van der Waals surface area contributed by atoms with E-state index in [-0.39, 0.29) is 49.3 Å². The van der Waals surface area contributed by atoms with Crippen LogP contribution < -0.4 is 40.9 Å². The molecule has 0 aliphatic rings. The van der Waals surface area contributed by atoms with E-state index in [0.29, 0.717) is 139 Å². The summed E-state index contributed by atoms with van der Waals surface area (Å²) in [5.41, 5.74) is 18.3. The van der Waals surface area contributed by atoms with Crippen LogP contribution in [0, 0.1) is 27.7 Å². The van der Waals surface area contributed by atoms with E-state index in [0.717, 1.165) is 67.8 Å². The molecule has 32 nitrogen and oxygen atoms in total. The fourth-order valence-corrected chi connectivity index (χ4v) is 14.7. The van der Waals surface area contributed by atoms with E-state index in [1.165, 1.54) is 0 Å². The second-order valence-electron chi connectivity index (χ2n) is 32.4. The number of amides is 4. The zero-order valence-electron chi connectivity index (χ0n) is 75.0. The first-order chi connectivity index (χ1) is 63.3. The molecule has 16 aromatic rings. The zero-order valence-corrected chi connectivity index (χ0v) is 75.0. The summed E-state index contributed by atoms with van der Waals surface area (Å²) < 4.78 is 7.33. The van der Waals surface area contributed by atoms with Gasteiger partial charge in [-0.1, -0.05) is 119 Å². The Morgan fingerprint density at radius 3 is 0.598 bits per heavy atom. The molecular formula is C100H100N20O12. The SMILES string of the molecule is Cc1ccc([13C](=O)Nc2ccc(Cc3nc(N([13CH3])[13CH3])c(C[13C](=O)O)c4nccn34)cc2)cc1.Cc1ccc([13C](=O)Nc2ccc(Cc3nc(N([13CH3])[13CH3])c(C[13C](=O)O)c4nccn34)cc2)cc1.Cc1ccc([13C](=O)Nc2ccc(Cc3nc(N([13CH3])[13CH3])c([13CH2][13C](=O)O)c4nccn34)cc2)cc1.Cc1ccc([13C](=O)Nc2ccc([13CH2]c3nc(N([13CH3])[13CH3])c([13CH2][13C](=O)O)c4nccn34)cc2)cc1. The van der Waals surface area contributed by atoms with Crippen LogP contribution in [0.25, 0.3) is 22.6 Å². The van der Waals surface area contributed by atoms with Gasteiger partial charge >= 0.3 is 23.9 Å². The van der Waals surface area contributed by atoms with Gasteiger partial charge in [-0.2, -0.15) is 0 Å². The van der Waals surface area contributed by atoms with Gasteiger partial charge in [0, 0.05) is 199 Å². The summed E-state index contributed by atoms with van der Waals surface area (Å²) in [6.45, 7) is 7.92. The Balaban J connectivity index is 0.000000150. The molecule has 0 saturated heterocycles. The van der Waals surface area contributed by atoms with Gasteiger partial charge in [0.15, 0.2) is 0 Å². The van der Waals surface area contributed by atoms with Crippen molar-refractivity contribution in [1.82, 2.24) is 57.5 Å². The molecule has 0 bridgehead atoms. The lowest BCUT2D eigenvalue weighted by Gasteiger charge is -2.18. The maximum absolute atomic E-state index is 12.4. The fourth-order valence-electron chi connectivity index (χ4n) is 14.7. The molecule has 8 aromatic carbocycles. The average Bonchev–Trinajstić information content (AvgIpc) is 1.55. The molecule has 132 heavy (non-hydrogen) atoms. The number of carbonyl (C=O) groups excluding carboxylic acids is 4. The second-order valence-corrected chi connectivity index (χ2v) is 32.4. The Labute approximate surface area is 760 Å². The summed E-state index contributed by atoms with van der Waals surface area (Å²) in [6, 6.07) is 60.1. The van der Waals surface area contributed by atoms with Gasteiger partial charge in [-0.05, 0) is 147 Å². The molecular weight excluding hydrogens is 1690 g/mol. The molecule has 8 heterocycles. The largest absolute Gasteiger partial charge is 0.481 e. The molecule has 0 saturated carbocycles. The number of nitrogens with one attached hydrogen (secondary N) is 4. The second kappa shape index (κ2) is 41.8. The summed E-state index contributed by atoms with van der Waals surface area (Å²) >= 11 is 0. The molecule has 0 aliphatic heterocycles. The highest BCUT2D eigenvalue weighted by Crippen LogP contribution is 2.31. The number of nitrogens with zero attached hydrogens (tertiary/aromatic N) is 16. The lowest BCUT2D eigenvalue weighted by atomic mass is 10.1. The van der Waals surface area contributed by atoms with Crippen LogP contribution >= 0.6 is 0 Å². The number of benzene rings is 8. The number of anilines is 8. The van der Waals surface area contributed by atoms with Crippen molar-refractivity contribution in [2.45, 2.75) is 79.1 Å². The quantitative estimate of drug-likeness (QED) is 0.0211. The lowest BCUT2D eigenvalue weighted by Crippen LogP contribution is -2.19. The third-order valence-corrected chi connectivity index (χ3v) is 21.3. The number of aryl methyl sites for hydroxylation is 4. The van der Waals surface area contributed by atoms with Gasteiger partial charge in [0.05, 0.1) is 25.7 Å². The lowest BCUT2D eigenvalue weighted by molar-refractivity contribution is -0.137. The van der Waals surface area contributed by atoms with Crippen LogP contribution in [0.1, 0.15) is 131 Å². The highest BCUT2D eigenvalue weighted by Gasteiger charge is 2.26. The van der Waals surface area contributed by atoms with Crippen molar-refractivity contribution < 1.29 is 58.8 Å². The van der Waals surface area contributed by atoms with Gasteiger partial charge in [0.1, 0.15) is 69.2 Å². The molecule has 16 rings (SSSR count). The van der Waals surface area contributed by atoms with E-state index in [1.54, 1.807) is 118 Å². The highest BCUT2D eigenvalue weighted by molar-refractivity contribution is 6.06. The number of carboxylic acids is 4. The minimum atomic E-state index is -0.930. The van der Waals surface area contributed by atoms with Crippen molar-refractivity contribution in [3.8, 4) is 0 Å². The molecule has 0 spiro atoms. The number of carbonyl (C=O) groups is 8. The molecule has 672 valence electrons. The molecule has 4 amide bonds. The van der Waals surface area contributed by atoms with Crippen LogP contribution in [-0.4, -0.2) is 182 Å². The van der Waals surface area contributed by atoms with Crippen LogP contribution in [-0.2, 0) is 70.5 Å². The van der Waals surface area contributed by atoms with Crippen molar-refractivity contribution in [1.29, 1.82) is 0 Å². The van der Waals surface area contributed by atoms with Crippen molar-refractivity contribution >= 4 is 116 Å². The first-order valence-electron chi connectivity index (χ1n) is 42.1. The molecule has 0 atom stereocenters. The fraction of sp³-hybridized carbons (Fsp3) is 0.200. The minimum Gasteiger partial charge on any atom is -0.481 e. The molecule has 0 aliphatic carbocycles. The Kier molecular flexibility index (Phi) is 29.4. The number of hydrogen-bond acceptors (Lipinski definition) is 20. The van der Waals surface area contributed by atoms with E-state index in [2.05, 4.69) is 41.2 Å². The topological polar surface area (TPSA) is 399 Å². The van der Waals surface area contributed by atoms with E-state index in [1.807, 2.05) is 247 Å². The number of fused-ring (bicyclic) bond motifs is 4. The van der Waals surface area contributed by atoms with Gasteiger partial charge < -0.3 is 61.3 Å². The van der Waals surface area contributed by atoms with Crippen LogP contribution in [0.3, 0.4) is 0 Å². The van der Waals surface area contributed by atoms with Crippen LogP contribution in [0.2, 0.25) is 0 Å². The maximum Gasteiger partial charge on any atom is 0.308 e. The third kappa shape index (κ3) is 23.3. The highest BCUT2D eigenvalue weighted by atomic mass is 16.5. The molecule has 0 unspecified atom stereocenters. The van der Waals surface area contributed by atoms with Crippen molar-refractivity contribution in [3.05, 3.63) is 356 Å². The van der Waals surface area contributed by atoms with Gasteiger partial charge in [-0.3, -0.25) is 56.0 Å². The van der Waals surface area contributed by atoms with Crippen molar-refractivity contribution in [2.24, 2.45) is 0 Å². The standard InChI is InChI=1S/4C25H25N5O3/c4*1-16-4-8-18(9-5-16)25(33)27-19-10-6-17(7-11-19)14-21-28-24(29(2)3)20(15-22(31)32)23-26-12-13-30(21)23/h4*4-13H,14-15H2,1-3H3,(H,27,33)(H,31,32)/i2+1,3+1,14+1,15+1,22+1,25+1;2+1,3+1,15+1,22+1,25+1;2*2+1,3+1,22+1,25+1. The molecule has 8 N–H and O–H groups in total. The van der Waals surface area contributed by atoms with Gasteiger partial charge in [-0.25, -0.2) is 39.9 Å². The van der Waals surface area contributed by atoms with Crippen molar-refractivity contribution in [2.75, 3.05) is 97.2 Å². The molecule has 0 radical (unpaired) electrons. The van der Waals surface area contributed by atoms with E-state index in [4.69, 9.17) is 19.9 Å². The third-order valence-electron chi connectivity index (χ3n) is 21.3. The number of aromatic nitrogens is 12.